The highest BCUT2D eigenvalue weighted by Crippen LogP contribution is 2.10. The summed E-state index contributed by atoms with van der Waals surface area (Å²) in [5, 5.41) is 0. The molecule has 2 heteroatoms. The van der Waals surface area contributed by atoms with E-state index < -0.39 is 0 Å². The molecule has 0 fully saturated rings. The minimum atomic E-state index is -0.358. The molecule has 13 heavy (non-hydrogen) atoms. The van der Waals surface area contributed by atoms with E-state index in [1.54, 1.807) is 6.92 Å². The number of hydrogen-bond acceptors (Lipinski definition) is 1. The van der Waals surface area contributed by atoms with Crippen LogP contribution in [-0.4, -0.2) is 0 Å². The van der Waals surface area contributed by atoms with Crippen molar-refractivity contribution in [2.24, 2.45) is 5.73 Å². The third kappa shape index (κ3) is 7.32. The molecule has 76 valence electrons. The van der Waals surface area contributed by atoms with Crippen LogP contribution in [-0.2, 0) is 0 Å². The van der Waals surface area contributed by atoms with E-state index in [4.69, 9.17) is 5.73 Å². The van der Waals surface area contributed by atoms with Crippen molar-refractivity contribution in [3.8, 4) is 0 Å². The molecule has 0 radical (unpaired) electrons. The lowest BCUT2D eigenvalue weighted by molar-refractivity contribution is 0.651. The van der Waals surface area contributed by atoms with Crippen LogP contribution in [0.2, 0.25) is 0 Å². The fourth-order valence-electron chi connectivity index (χ4n) is 0.404. The highest BCUT2D eigenvalue weighted by atomic mass is 19.1. The molecule has 0 amide bonds. The van der Waals surface area contributed by atoms with Gasteiger partial charge in [0.05, 0.1) is 0 Å². The van der Waals surface area contributed by atoms with Gasteiger partial charge >= 0.3 is 0 Å². The Morgan fingerprint density at radius 2 is 1.62 bits per heavy atom. The monoisotopic (exact) mass is 185 g/mol. The fourth-order valence-corrected chi connectivity index (χ4v) is 0.404. The molecule has 0 aromatic heterocycles. The molecule has 0 bridgehead atoms. The molecule has 0 saturated carbocycles. The smallest absolute Gasteiger partial charge is 0.127 e. The van der Waals surface area contributed by atoms with Crippen LogP contribution in [0.15, 0.2) is 35.3 Å². The van der Waals surface area contributed by atoms with E-state index in [-0.39, 0.29) is 5.83 Å². The predicted octanol–water partition coefficient (Wildman–Crippen LogP) is 3.69. The van der Waals surface area contributed by atoms with E-state index in [1.165, 1.54) is 6.08 Å². The van der Waals surface area contributed by atoms with Gasteiger partial charge in [0.25, 0.3) is 0 Å². The van der Waals surface area contributed by atoms with E-state index in [1.807, 2.05) is 27.7 Å². The highest BCUT2D eigenvalue weighted by molar-refractivity contribution is 5.30. The summed E-state index contributed by atoms with van der Waals surface area (Å²) in [4.78, 5) is 0. The standard InChI is InChI=1S/C9H14FN.C2H6/c1-6(2)8(10)5-9(11)7(3)4;1-2/h5H,1,11H2,2-4H3;1-2H3/b8-5+;. The molecule has 0 heterocycles. The average Bonchev–Trinajstić information content (AvgIpc) is 2.07. The van der Waals surface area contributed by atoms with E-state index in [0.29, 0.717) is 11.3 Å². The van der Waals surface area contributed by atoms with Gasteiger partial charge in [-0.15, -0.1) is 0 Å². The zero-order valence-electron chi connectivity index (χ0n) is 9.24. The Hall–Kier alpha value is -1.05. The molecule has 0 aromatic carbocycles. The van der Waals surface area contributed by atoms with Crippen LogP contribution >= 0.6 is 0 Å². The average molecular weight is 185 g/mol. The number of nitrogens with two attached hydrogens (primary N) is 1. The van der Waals surface area contributed by atoms with Crippen molar-refractivity contribution in [3.63, 3.8) is 0 Å². The summed E-state index contributed by atoms with van der Waals surface area (Å²) in [7, 11) is 0. The van der Waals surface area contributed by atoms with E-state index in [0.717, 1.165) is 5.57 Å². The molecule has 0 aliphatic rings. The quantitative estimate of drug-likeness (QED) is 0.652. The van der Waals surface area contributed by atoms with Crippen LogP contribution in [0.3, 0.4) is 0 Å². The zero-order valence-corrected chi connectivity index (χ0v) is 9.24. The van der Waals surface area contributed by atoms with Gasteiger partial charge in [-0.05, 0) is 32.4 Å². The van der Waals surface area contributed by atoms with Gasteiger partial charge in [0.2, 0.25) is 0 Å². The number of rotatable bonds is 2. The summed E-state index contributed by atoms with van der Waals surface area (Å²) in [6.07, 6.45) is 1.29. The number of halogens is 1. The molecule has 2 N–H and O–H groups in total. The van der Waals surface area contributed by atoms with Crippen molar-refractivity contribution in [3.05, 3.63) is 35.3 Å². The Morgan fingerprint density at radius 3 is 1.85 bits per heavy atom. The molecule has 0 aromatic rings. The minimum absolute atomic E-state index is 0.358. The van der Waals surface area contributed by atoms with Gasteiger partial charge in [0, 0.05) is 5.70 Å². The predicted molar refractivity (Wildman–Crippen MR) is 57.9 cm³/mol. The Labute approximate surface area is 80.8 Å². The van der Waals surface area contributed by atoms with Crippen molar-refractivity contribution >= 4 is 0 Å². The maximum Gasteiger partial charge on any atom is 0.127 e. The molecule has 0 rings (SSSR count). The van der Waals surface area contributed by atoms with Crippen molar-refractivity contribution in [1.82, 2.24) is 0 Å². The van der Waals surface area contributed by atoms with Crippen molar-refractivity contribution in [2.45, 2.75) is 34.6 Å². The zero-order chi connectivity index (χ0) is 11.0. The van der Waals surface area contributed by atoms with Crippen molar-refractivity contribution < 1.29 is 4.39 Å². The van der Waals surface area contributed by atoms with Gasteiger partial charge in [-0.25, -0.2) is 4.39 Å². The second-order valence-electron chi connectivity index (χ2n) is 2.73. The molecule has 0 atom stereocenters. The number of hydrogen-bond donors (Lipinski definition) is 1. The van der Waals surface area contributed by atoms with Gasteiger partial charge in [-0.2, -0.15) is 0 Å². The lowest BCUT2D eigenvalue weighted by atomic mass is 10.2. The summed E-state index contributed by atoms with van der Waals surface area (Å²) in [6.45, 7) is 12.7. The number of allylic oxidation sites excluding steroid dienone is 4. The molecular weight excluding hydrogens is 165 g/mol. The summed E-state index contributed by atoms with van der Waals surface area (Å²) >= 11 is 0. The maximum absolute atomic E-state index is 12.8. The van der Waals surface area contributed by atoms with Gasteiger partial charge in [-0.1, -0.05) is 26.0 Å². The Kier molecular flexibility index (Phi) is 8.45. The second kappa shape index (κ2) is 7.59. The SMILES string of the molecule is C=C(C)/C(F)=C\C(N)=C(C)C.CC. The van der Waals surface area contributed by atoms with Crippen LogP contribution < -0.4 is 5.73 Å². The molecule has 0 aliphatic carbocycles. The molecule has 0 unspecified atom stereocenters. The van der Waals surface area contributed by atoms with Crippen LogP contribution in [0.25, 0.3) is 0 Å². The van der Waals surface area contributed by atoms with Crippen LogP contribution in [0.4, 0.5) is 4.39 Å². The van der Waals surface area contributed by atoms with Gasteiger partial charge in [0.1, 0.15) is 5.83 Å². The summed E-state index contributed by atoms with van der Waals surface area (Å²) in [6, 6.07) is 0. The van der Waals surface area contributed by atoms with E-state index >= 15 is 0 Å². The largest absolute Gasteiger partial charge is 0.399 e. The van der Waals surface area contributed by atoms with Crippen LogP contribution in [0, 0.1) is 0 Å². The lowest BCUT2D eigenvalue weighted by Crippen LogP contribution is -1.96. The molecule has 1 nitrogen and oxygen atoms in total. The summed E-state index contributed by atoms with van der Waals surface area (Å²) < 4.78 is 12.8. The van der Waals surface area contributed by atoms with Gasteiger partial charge in [0.15, 0.2) is 0 Å². The third-order valence-corrected chi connectivity index (χ3v) is 1.27. The van der Waals surface area contributed by atoms with Crippen LogP contribution in [0.1, 0.15) is 34.6 Å². The first-order valence-electron chi connectivity index (χ1n) is 4.41. The van der Waals surface area contributed by atoms with Crippen molar-refractivity contribution in [2.75, 3.05) is 0 Å². The molecule has 0 spiro atoms. The normalized spacial score (nSPS) is 9.85. The van der Waals surface area contributed by atoms with Gasteiger partial charge < -0.3 is 5.73 Å². The molecule has 0 aliphatic heterocycles. The Bertz CT molecular complexity index is 220. The van der Waals surface area contributed by atoms with E-state index in [2.05, 4.69) is 6.58 Å². The highest BCUT2D eigenvalue weighted by Gasteiger charge is 1.95. The first kappa shape index (κ1) is 14.5. The first-order valence-corrected chi connectivity index (χ1v) is 4.41. The summed E-state index contributed by atoms with van der Waals surface area (Å²) in [5.74, 6) is -0.358. The fraction of sp³-hybridized carbons (Fsp3) is 0.455. The maximum atomic E-state index is 12.8. The lowest BCUT2D eigenvalue weighted by Gasteiger charge is -1.97. The third-order valence-electron chi connectivity index (χ3n) is 1.27. The minimum Gasteiger partial charge on any atom is -0.399 e. The first-order chi connectivity index (χ1) is 5.95. The molecule has 0 saturated heterocycles. The van der Waals surface area contributed by atoms with Crippen molar-refractivity contribution in [1.29, 1.82) is 0 Å². The second-order valence-corrected chi connectivity index (χ2v) is 2.73. The van der Waals surface area contributed by atoms with E-state index in [9.17, 15) is 4.39 Å². The summed E-state index contributed by atoms with van der Waals surface area (Å²) in [5.41, 5.74) is 7.24. The van der Waals surface area contributed by atoms with Crippen LogP contribution in [0.5, 0.6) is 0 Å². The topological polar surface area (TPSA) is 26.0 Å². The Morgan fingerprint density at radius 1 is 1.23 bits per heavy atom. The van der Waals surface area contributed by atoms with Gasteiger partial charge in [-0.3, -0.25) is 0 Å². The Balaban J connectivity index is 0. The molecular formula is C11H20FN.